The molecule has 0 fully saturated rings. The SMILES string of the molecule is COc1ccc(-c2cc(-c3ccccc3)[nH]c2C(=O)CCc2ccc(C(=O)Nc3ccccc3S)cc2)cc1. The third-order valence-corrected chi connectivity index (χ3v) is 6.98. The minimum atomic E-state index is -0.205. The van der Waals surface area contributed by atoms with Crippen molar-refractivity contribution in [2.45, 2.75) is 17.7 Å². The van der Waals surface area contributed by atoms with Crippen LogP contribution in [0.4, 0.5) is 5.69 Å². The number of H-pyrrole nitrogens is 1. The number of anilines is 1. The van der Waals surface area contributed by atoms with E-state index in [0.29, 0.717) is 34.7 Å². The number of rotatable bonds is 9. The Labute approximate surface area is 233 Å². The molecule has 5 aromatic rings. The summed E-state index contributed by atoms with van der Waals surface area (Å²) in [6.07, 6.45) is 0.887. The Morgan fingerprint density at radius 1 is 0.821 bits per heavy atom. The summed E-state index contributed by atoms with van der Waals surface area (Å²) in [7, 11) is 1.63. The number of amides is 1. The number of carbonyl (C=O) groups excluding carboxylic acids is 2. The van der Waals surface area contributed by atoms with Gasteiger partial charge in [0, 0.05) is 28.1 Å². The van der Waals surface area contributed by atoms with Crippen molar-refractivity contribution in [3.63, 3.8) is 0 Å². The van der Waals surface area contributed by atoms with Gasteiger partial charge in [-0.05, 0) is 65.6 Å². The van der Waals surface area contributed by atoms with Gasteiger partial charge in [-0.1, -0.05) is 66.7 Å². The summed E-state index contributed by atoms with van der Waals surface area (Å²) in [5, 5.41) is 2.88. The van der Waals surface area contributed by atoms with E-state index < -0.39 is 0 Å². The number of methoxy groups -OCH3 is 1. The predicted molar refractivity (Wildman–Crippen MR) is 159 cm³/mol. The smallest absolute Gasteiger partial charge is 0.255 e. The van der Waals surface area contributed by atoms with Crippen molar-refractivity contribution < 1.29 is 14.3 Å². The maximum absolute atomic E-state index is 13.5. The van der Waals surface area contributed by atoms with E-state index in [1.807, 2.05) is 97.1 Å². The van der Waals surface area contributed by atoms with Crippen molar-refractivity contribution in [3.05, 3.63) is 126 Å². The fourth-order valence-corrected chi connectivity index (χ4v) is 4.64. The zero-order valence-electron chi connectivity index (χ0n) is 21.5. The zero-order chi connectivity index (χ0) is 27.2. The van der Waals surface area contributed by atoms with E-state index in [0.717, 1.165) is 33.7 Å². The van der Waals surface area contributed by atoms with Crippen LogP contribution in [0.3, 0.4) is 0 Å². The third kappa shape index (κ3) is 6.13. The topological polar surface area (TPSA) is 71.2 Å². The van der Waals surface area contributed by atoms with Gasteiger partial charge in [-0.2, -0.15) is 0 Å². The number of thiol groups is 1. The molecule has 4 aromatic carbocycles. The van der Waals surface area contributed by atoms with Gasteiger partial charge in [-0.15, -0.1) is 12.6 Å². The van der Waals surface area contributed by atoms with Crippen LogP contribution in [0.1, 0.15) is 32.8 Å². The van der Waals surface area contributed by atoms with Crippen molar-refractivity contribution >= 4 is 30.0 Å². The lowest BCUT2D eigenvalue weighted by atomic mass is 9.99. The van der Waals surface area contributed by atoms with E-state index >= 15 is 0 Å². The monoisotopic (exact) mass is 532 g/mol. The number of nitrogens with one attached hydrogen (secondary N) is 2. The summed E-state index contributed by atoms with van der Waals surface area (Å²) >= 11 is 4.38. The summed E-state index contributed by atoms with van der Waals surface area (Å²) < 4.78 is 5.30. The molecular weight excluding hydrogens is 504 g/mol. The van der Waals surface area contributed by atoms with Gasteiger partial charge in [0.2, 0.25) is 0 Å². The van der Waals surface area contributed by atoms with Gasteiger partial charge in [0.1, 0.15) is 5.75 Å². The molecule has 6 heteroatoms. The molecule has 39 heavy (non-hydrogen) atoms. The Hall–Kier alpha value is -4.55. The number of ketones is 1. The standard InChI is InChI=1S/C33H28N2O3S/c1-38-26-18-16-23(17-19-26)27-21-29(24-7-3-2-4-8-24)34-32(27)30(36)20-13-22-11-14-25(15-12-22)33(37)35-28-9-5-6-10-31(28)39/h2-12,14-19,21,34,39H,13,20H2,1H3,(H,35,37). The lowest BCUT2D eigenvalue weighted by molar-refractivity contribution is 0.0977. The fourth-order valence-electron chi connectivity index (χ4n) is 4.43. The quantitative estimate of drug-likeness (QED) is 0.134. The summed E-state index contributed by atoms with van der Waals surface area (Å²) in [6.45, 7) is 0. The van der Waals surface area contributed by atoms with E-state index in [-0.39, 0.29) is 11.7 Å². The molecule has 1 heterocycles. The number of para-hydroxylation sites is 1. The van der Waals surface area contributed by atoms with E-state index in [2.05, 4.69) is 22.9 Å². The van der Waals surface area contributed by atoms with Crippen LogP contribution in [0.15, 0.2) is 114 Å². The molecule has 0 spiro atoms. The molecule has 1 aromatic heterocycles. The summed E-state index contributed by atoms with van der Waals surface area (Å²) in [4.78, 5) is 30.2. The largest absolute Gasteiger partial charge is 0.497 e. The Bertz CT molecular complexity index is 1590. The molecule has 2 N–H and O–H groups in total. The number of aryl methyl sites for hydroxylation is 1. The van der Waals surface area contributed by atoms with Gasteiger partial charge >= 0.3 is 0 Å². The maximum atomic E-state index is 13.5. The molecule has 0 aliphatic rings. The highest BCUT2D eigenvalue weighted by Crippen LogP contribution is 2.32. The molecule has 0 radical (unpaired) electrons. The number of hydrogen-bond donors (Lipinski definition) is 3. The fraction of sp³-hybridized carbons (Fsp3) is 0.0909. The molecule has 0 saturated heterocycles. The lowest BCUT2D eigenvalue weighted by Crippen LogP contribution is -2.12. The van der Waals surface area contributed by atoms with E-state index in [4.69, 9.17) is 4.74 Å². The minimum Gasteiger partial charge on any atom is -0.497 e. The van der Waals surface area contributed by atoms with Crippen LogP contribution in [0.5, 0.6) is 5.75 Å². The van der Waals surface area contributed by atoms with Crippen LogP contribution in [0.2, 0.25) is 0 Å². The van der Waals surface area contributed by atoms with Crippen molar-refractivity contribution in [1.82, 2.24) is 4.98 Å². The molecule has 0 saturated carbocycles. The van der Waals surface area contributed by atoms with Crippen LogP contribution in [-0.2, 0) is 6.42 Å². The molecule has 5 rings (SSSR count). The number of aromatic amines is 1. The van der Waals surface area contributed by atoms with E-state index in [1.54, 1.807) is 19.2 Å². The highest BCUT2D eigenvalue weighted by atomic mass is 32.1. The second-order valence-corrected chi connectivity index (χ2v) is 9.64. The molecule has 0 bridgehead atoms. The summed E-state index contributed by atoms with van der Waals surface area (Å²) in [6, 6.07) is 34.4. The van der Waals surface area contributed by atoms with Gasteiger partial charge < -0.3 is 15.0 Å². The Balaban J connectivity index is 1.31. The minimum absolute atomic E-state index is 0.0233. The number of ether oxygens (including phenoxy) is 1. The van der Waals surface area contributed by atoms with Crippen molar-refractivity contribution in [2.75, 3.05) is 12.4 Å². The first-order valence-corrected chi connectivity index (χ1v) is 13.1. The molecule has 0 aliphatic carbocycles. The van der Waals surface area contributed by atoms with Gasteiger partial charge in [0.05, 0.1) is 18.5 Å². The number of hydrogen-bond acceptors (Lipinski definition) is 4. The van der Waals surface area contributed by atoms with Crippen molar-refractivity contribution in [1.29, 1.82) is 0 Å². The van der Waals surface area contributed by atoms with Crippen molar-refractivity contribution in [2.24, 2.45) is 0 Å². The highest BCUT2D eigenvalue weighted by Gasteiger charge is 2.18. The Morgan fingerprint density at radius 2 is 1.51 bits per heavy atom. The highest BCUT2D eigenvalue weighted by molar-refractivity contribution is 7.80. The van der Waals surface area contributed by atoms with Crippen LogP contribution in [0, 0.1) is 0 Å². The van der Waals surface area contributed by atoms with Crippen LogP contribution in [-0.4, -0.2) is 23.8 Å². The zero-order valence-corrected chi connectivity index (χ0v) is 22.4. The van der Waals surface area contributed by atoms with Crippen LogP contribution in [0.25, 0.3) is 22.4 Å². The molecule has 1 amide bonds. The van der Waals surface area contributed by atoms with Gasteiger partial charge in [-0.25, -0.2) is 0 Å². The second-order valence-electron chi connectivity index (χ2n) is 9.16. The lowest BCUT2D eigenvalue weighted by Gasteiger charge is -2.08. The molecule has 0 unspecified atom stereocenters. The van der Waals surface area contributed by atoms with E-state index in [1.165, 1.54) is 0 Å². The average molecular weight is 533 g/mol. The molecule has 194 valence electrons. The summed E-state index contributed by atoms with van der Waals surface area (Å²) in [5.74, 6) is 0.579. The number of aromatic nitrogens is 1. The van der Waals surface area contributed by atoms with Crippen molar-refractivity contribution in [3.8, 4) is 28.1 Å². The normalized spacial score (nSPS) is 10.7. The van der Waals surface area contributed by atoms with Gasteiger partial charge in [-0.3, -0.25) is 9.59 Å². The molecule has 0 aliphatic heterocycles. The first-order valence-electron chi connectivity index (χ1n) is 12.7. The molecule has 5 nitrogen and oxygen atoms in total. The number of Topliss-reactive ketones (excluding diaryl/α,β-unsaturated/α-hetero) is 1. The average Bonchev–Trinajstić information content (AvgIpc) is 3.44. The van der Waals surface area contributed by atoms with Gasteiger partial charge in [0.15, 0.2) is 5.78 Å². The molecular formula is C33H28N2O3S. The summed E-state index contributed by atoms with van der Waals surface area (Å²) in [5.41, 5.74) is 6.47. The number of benzene rings is 4. The predicted octanol–water partition coefficient (Wildman–Crippen LogP) is 7.71. The first-order chi connectivity index (χ1) is 19.0. The molecule has 0 atom stereocenters. The third-order valence-electron chi connectivity index (χ3n) is 6.59. The Morgan fingerprint density at radius 3 is 2.21 bits per heavy atom. The second kappa shape index (κ2) is 11.9. The number of carbonyl (C=O) groups is 2. The van der Waals surface area contributed by atoms with E-state index in [9.17, 15) is 9.59 Å². The maximum Gasteiger partial charge on any atom is 0.255 e. The van der Waals surface area contributed by atoms with Crippen LogP contribution < -0.4 is 10.1 Å². The van der Waals surface area contributed by atoms with Gasteiger partial charge in [0.25, 0.3) is 5.91 Å². The Kier molecular flexibility index (Phi) is 7.94. The first kappa shape index (κ1) is 26.1. The van der Waals surface area contributed by atoms with Crippen LogP contribution >= 0.6 is 12.6 Å².